The Morgan fingerprint density at radius 3 is 2.94 bits per heavy atom. The minimum Gasteiger partial charge on any atom is -0.367 e. The largest absolute Gasteiger partial charge is 0.367 e. The van der Waals surface area contributed by atoms with E-state index < -0.39 is 0 Å². The topological polar surface area (TPSA) is 15.3 Å². The van der Waals surface area contributed by atoms with Gasteiger partial charge < -0.3 is 10.2 Å². The first-order valence-corrected chi connectivity index (χ1v) is 7.87. The molecular formula is C14H21ClN2S. The minimum absolute atomic E-state index is 0.570. The van der Waals surface area contributed by atoms with Gasteiger partial charge in [-0.1, -0.05) is 18.5 Å². The first-order valence-electron chi connectivity index (χ1n) is 6.44. The zero-order valence-corrected chi connectivity index (χ0v) is 12.8. The summed E-state index contributed by atoms with van der Waals surface area (Å²) >= 11 is 8.17. The highest BCUT2D eigenvalue weighted by Gasteiger charge is 2.26. The summed E-state index contributed by atoms with van der Waals surface area (Å²) in [7, 11) is 1.97. The molecule has 1 saturated heterocycles. The molecule has 1 aliphatic heterocycles. The van der Waals surface area contributed by atoms with Crippen LogP contribution in [0.4, 0.5) is 5.69 Å². The minimum atomic E-state index is 0.570. The molecule has 1 N–H and O–H groups in total. The third kappa shape index (κ3) is 2.95. The predicted molar refractivity (Wildman–Crippen MR) is 82.9 cm³/mol. The molecule has 2 rings (SSSR count). The third-order valence-electron chi connectivity index (χ3n) is 3.60. The molecule has 0 bridgehead atoms. The molecular weight excluding hydrogens is 264 g/mol. The third-order valence-corrected chi connectivity index (χ3v) is 5.18. The lowest BCUT2D eigenvalue weighted by molar-refractivity contribution is 0.623. The molecule has 4 heteroatoms. The lowest BCUT2D eigenvalue weighted by Crippen LogP contribution is -2.45. The summed E-state index contributed by atoms with van der Waals surface area (Å²) in [5, 5.41) is 4.72. The Morgan fingerprint density at radius 2 is 2.22 bits per heavy atom. The molecule has 2 nitrogen and oxygen atoms in total. The summed E-state index contributed by atoms with van der Waals surface area (Å²) in [6.45, 7) is 6.61. The molecule has 1 heterocycles. The second-order valence-electron chi connectivity index (χ2n) is 4.81. The van der Waals surface area contributed by atoms with Crippen molar-refractivity contribution in [3.63, 3.8) is 0 Å². The van der Waals surface area contributed by atoms with Crippen LogP contribution in [0.3, 0.4) is 0 Å². The highest BCUT2D eigenvalue weighted by atomic mass is 35.5. The van der Waals surface area contributed by atoms with Gasteiger partial charge in [0.25, 0.3) is 0 Å². The van der Waals surface area contributed by atoms with E-state index in [1.54, 1.807) is 0 Å². The van der Waals surface area contributed by atoms with E-state index in [1.165, 1.54) is 17.0 Å². The Hall–Kier alpha value is -0.380. The Labute approximate surface area is 119 Å². The monoisotopic (exact) mass is 284 g/mol. The number of nitrogens with zero attached hydrogens (tertiary/aromatic N) is 1. The van der Waals surface area contributed by atoms with E-state index in [2.05, 4.69) is 48.0 Å². The Kier molecular flexibility index (Phi) is 4.82. The number of halogens is 1. The summed E-state index contributed by atoms with van der Waals surface area (Å²) in [6, 6.07) is 6.80. The SMILES string of the molecule is CNCc1cc(Cl)ccc1N1CCSC(C)C1C. The van der Waals surface area contributed by atoms with E-state index in [1.807, 2.05) is 13.1 Å². The lowest BCUT2D eigenvalue weighted by atomic mass is 10.1. The van der Waals surface area contributed by atoms with E-state index in [0.717, 1.165) is 18.1 Å². The maximum Gasteiger partial charge on any atom is 0.0415 e. The average Bonchev–Trinajstić information content (AvgIpc) is 2.34. The van der Waals surface area contributed by atoms with Gasteiger partial charge in [0.15, 0.2) is 0 Å². The van der Waals surface area contributed by atoms with Gasteiger partial charge in [0.05, 0.1) is 0 Å². The van der Waals surface area contributed by atoms with Crippen LogP contribution in [0, 0.1) is 0 Å². The van der Waals surface area contributed by atoms with Crippen molar-refractivity contribution < 1.29 is 0 Å². The molecule has 0 aromatic heterocycles. The quantitative estimate of drug-likeness (QED) is 0.916. The smallest absolute Gasteiger partial charge is 0.0415 e. The van der Waals surface area contributed by atoms with Crippen molar-refractivity contribution in [1.82, 2.24) is 5.32 Å². The van der Waals surface area contributed by atoms with Crippen LogP contribution >= 0.6 is 23.4 Å². The number of nitrogens with one attached hydrogen (secondary N) is 1. The van der Waals surface area contributed by atoms with Crippen LogP contribution in [0.2, 0.25) is 5.02 Å². The van der Waals surface area contributed by atoms with Crippen LogP contribution < -0.4 is 10.2 Å². The van der Waals surface area contributed by atoms with Gasteiger partial charge in [0, 0.05) is 40.8 Å². The van der Waals surface area contributed by atoms with E-state index in [0.29, 0.717) is 11.3 Å². The standard InChI is InChI=1S/C14H21ClN2S/c1-10-11(2)18-7-6-17(10)14-5-4-13(15)8-12(14)9-16-3/h4-5,8,10-11,16H,6-7,9H2,1-3H3. The van der Waals surface area contributed by atoms with Gasteiger partial charge in [0.2, 0.25) is 0 Å². The maximum atomic E-state index is 6.11. The number of benzene rings is 1. The fraction of sp³-hybridized carbons (Fsp3) is 0.571. The van der Waals surface area contributed by atoms with E-state index >= 15 is 0 Å². The van der Waals surface area contributed by atoms with Gasteiger partial charge in [-0.25, -0.2) is 0 Å². The molecule has 1 aromatic rings. The number of anilines is 1. The maximum absolute atomic E-state index is 6.11. The Balaban J connectivity index is 2.31. The molecule has 1 aliphatic rings. The van der Waals surface area contributed by atoms with Crippen LogP contribution in [-0.2, 0) is 6.54 Å². The van der Waals surface area contributed by atoms with Crippen molar-refractivity contribution in [3.8, 4) is 0 Å². The zero-order valence-electron chi connectivity index (χ0n) is 11.2. The van der Waals surface area contributed by atoms with E-state index in [4.69, 9.17) is 11.6 Å². The highest BCUT2D eigenvalue weighted by molar-refractivity contribution is 8.00. The van der Waals surface area contributed by atoms with Crippen LogP contribution in [0.25, 0.3) is 0 Å². The van der Waals surface area contributed by atoms with E-state index in [9.17, 15) is 0 Å². The van der Waals surface area contributed by atoms with Crippen LogP contribution in [0.1, 0.15) is 19.4 Å². The molecule has 18 heavy (non-hydrogen) atoms. The molecule has 1 fully saturated rings. The summed E-state index contributed by atoms with van der Waals surface area (Å²) in [5.74, 6) is 1.20. The highest BCUT2D eigenvalue weighted by Crippen LogP contribution is 2.32. The molecule has 2 unspecified atom stereocenters. The number of rotatable bonds is 3. The normalized spacial score (nSPS) is 24.3. The molecule has 0 saturated carbocycles. The first kappa shape index (κ1) is 14.0. The molecule has 1 aromatic carbocycles. The van der Waals surface area contributed by atoms with Gasteiger partial charge in [-0.15, -0.1) is 0 Å². The molecule has 100 valence electrons. The van der Waals surface area contributed by atoms with Gasteiger partial charge >= 0.3 is 0 Å². The van der Waals surface area contributed by atoms with Gasteiger partial charge in [-0.05, 0) is 37.7 Å². The van der Waals surface area contributed by atoms with Crippen molar-refractivity contribution in [2.24, 2.45) is 0 Å². The van der Waals surface area contributed by atoms with Crippen LogP contribution in [-0.4, -0.2) is 30.6 Å². The van der Waals surface area contributed by atoms with Crippen molar-refractivity contribution >= 4 is 29.1 Å². The van der Waals surface area contributed by atoms with Gasteiger partial charge in [-0.3, -0.25) is 0 Å². The number of thioether (sulfide) groups is 1. The van der Waals surface area contributed by atoms with Crippen molar-refractivity contribution in [2.75, 3.05) is 24.2 Å². The molecule has 0 spiro atoms. The van der Waals surface area contributed by atoms with Crippen molar-refractivity contribution in [3.05, 3.63) is 28.8 Å². The van der Waals surface area contributed by atoms with Gasteiger partial charge in [0.1, 0.15) is 0 Å². The van der Waals surface area contributed by atoms with E-state index in [-0.39, 0.29) is 0 Å². The second-order valence-corrected chi connectivity index (χ2v) is 6.73. The number of hydrogen-bond acceptors (Lipinski definition) is 3. The summed E-state index contributed by atoms with van der Waals surface area (Å²) in [4.78, 5) is 2.52. The van der Waals surface area contributed by atoms with Crippen molar-refractivity contribution in [1.29, 1.82) is 0 Å². The molecule has 0 aliphatic carbocycles. The summed E-state index contributed by atoms with van der Waals surface area (Å²) < 4.78 is 0. The average molecular weight is 285 g/mol. The predicted octanol–water partition coefficient (Wildman–Crippen LogP) is 3.39. The Bertz CT molecular complexity index is 411. The van der Waals surface area contributed by atoms with Crippen molar-refractivity contribution in [2.45, 2.75) is 31.7 Å². The molecule has 0 amide bonds. The number of hydrogen-bond donors (Lipinski definition) is 1. The zero-order chi connectivity index (χ0) is 13.1. The first-order chi connectivity index (χ1) is 8.63. The Morgan fingerprint density at radius 1 is 1.44 bits per heavy atom. The summed E-state index contributed by atoms with van der Waals surface area (Å²) in [5.41, 5.74) is 2.62. The molecule has 0 radical (unpaired) electrons. The fourth-order valence-electron chi connectivity index (χ4n) is 2.44. The van der Waals surface area contributed by atoms with Crippen LogP contribution in [0.15, 0.2) is 18.2 Å². The van der Waals surface area contributed by atoms with Gasteiger partial charge in [-0.2, -0.15) is 11.8 Å². The second kappa shape index (κ2) is 6.18. The lowest BCUT2D eigenvalue weighted by Gasteiger charge is -2.40. The summed E-state index contributed by atoms with van der Waals surface area (Å²) in [6.07, 6.45) is 0. The fourth-order valence-corrected chi connectivity index (χ4v) is 3.73. The molecule has 2 atom stereocenters. The van der Waals surface area contributed by atoms with Crippen LogP contribution in [0.5, 0.6) is 0 Å².